The van der Waals surface area contributed by atoms with Crippen LogP contribution in [-0.2, 0) is 9.53 Å². The standard InChI is InChI=1S/C26H30N4O4/c1-17-28-22(18-6-8-19(9-7-18)25(32)30-12-14-33-15-13-30)23(34-17)20-4-2-3-5-21(20)24(31)29-26(16-27)10-11-26/h6-9,20-21H,2-5,10-15H2,1H3,(H,29,31)/t20-,21-/m1/s1. The van der Waals surface area contributed by atoms with Gasteiger partial charge in [0.2, 0.25) is 5.91 Å². The van der Waals surface area contributed by atoms with Crippen LogP contribution in [0.5, 0.6) is 0 Å². The maximum atomic E-state index is 13.1. The minimum Gasteiger partial charge on any atom is -0.445 e. The van der Waals surface area contributed by atoms with Crippen LogP contribution in [0.15, 0.2) is 28.7 Å². The van der Waals surface area contributed by atoms with Crippen LogP contribution in [0.25, 0.3) is 11.3 Å². The molecule has 8 nitrogen and oxygen atoms in total. The molecule has 0 unspecified atom stereocenters. The average Bonchev–Trinajstić information content (AvgIpc) is 3.55. The van der Waals surface area contributed by atoms with E-state index < -0.39 is 5.54 Å². The molecule has 3 aliphatic rings. The lowest BCUT2D eigenvalue weighted by atomic mass is 9.76. The molecular weight excluding hydrogens is 432 g/mol. The molecule has 1 N–H and O–H groups in total. The van der Waals surface area contributed by atoms with Crippen molar-refractivity contribution in [3.05, 3.63) is 41.5 Å². The van der Waals surface area contributed by atoms with Crippen molar-refractivity contribution in [2.24, 2.45) is 5.92 Å². The number of carbonyl (C=O) groups excluding carboxylic acids is 2. The summed E-state index contributed by atoms with van der Waals surface area (Å²) in [5, 5.41) is 12.4. The van der Waals surface area contributed by atoms with E-state index in [9.17, 15) is 14.9 Å². The number of nitriles is 1. The normalized spacial score (nSPS) is 23.7. The first kappa shape index (κ1) is 22.6. The Balaban J connectivity index is 1.38. The fourth-order valence-electron chi connectivity index (χ4n) is 5.10. The second-order valence-electron chi connectivity index (χ2n) is 9.61. The van der Waals surface area contributed by atoms with E-state index in [1.54, 1.807) is 0 Å². The number of nitrogens with one attached hydrogen (secondary N) is 1. The van der Waals surface area contributed by atoms with Crippen LogP contribution in [0.3, 0.4) is 0 Å². The predicted octanol–water partition coefficient (Wildman–Crippen LogP) is 3.57. The van der Waals surface area contributed by atoms with Gasteiger partial charge in [-0.1, -0.05) is 25.0 Å². The summed E-state index contributed by atoms with van der Waals surface area (Å²) in [6, 6.07) is 9.72. The van der Waals surface area contributed by atoms with Crippen molar-refractivity contribution in [3.63, 3.8) is 0 Å². The van der Waals surface area contributed by atoms with E-state index >= 15 is 0 Å². The summed E-state index contributed by atoms with van der Waals surface area (Å²) in [5.41, 5.74) is 1.55. The summed E-state index contributed by atoms with van der Waals surface area (Å²) in [7, 11) is 0. The molecule has 0 radical (unpaired) electrons. The van der Waals surface area contributed by atoms with Crippen molar-refractivity contribution in [2.75, 3.05) is 26.3 Å². The molecule has 2 heterocycles. The molecule has 5 rings (SSSR count). The second-order valence-corrected chi connectivity index (χ2v) is 9.61. The van der Waals surface area contributed by atoms with Gasteiger partial charge in [-0.05, 0) is 37.8 Å². The van der Waals surface area contributed by atoms with Gasteiger partial charge in [-0.3, -0.25) is 9.59 Å². The molecule has 1 aromatic heterocycles. The van der Waals surface area contributed by atoms with E-state index in [2.05, 4.69) is 16.4 Å². The number of benzene rings is 1. The van der Waals surface area contributed by atoms with Crippen molar-refractivity contribution in [1.29, 1.82) is 5.26 Å². The summed E-state index contributed by atoms with van der Waals surface area (Å²) < 4.78 is 11.4. The number of morpholine rings is 1. The first-order chi connectivity index (χ1) is 16.5. The third-order valence-electron chi connectivity index (χ3n) is 7.23. The maximum Gasteiger partial charge on any atom is 0.254 e. The molecule has 2 atom stereocenters. The molecule has 1 aliphatic heterocycles. The van der Waals surface area contributed by atoms with Gasteiger partial charge in [0.15, 0.2) is 5.89 Å². The van der Waals surface area contributed by atoms with Crippen LogP contribution < -0.4 is 5.32 Å². The molecule has 8 heteroatoms. The number of amides is 2. The second kappa shape index (κ2) is 9.22. The van der Waals surface area contributed by atoms with Crippen LogP contribution in [0.1, 0.15) is 66.5 Å². The summed E-state index contributed by atoms with van der Waals surface area (Å²) in [5.74, 6) is 0.893. The molecule has 2 aliphatic carbocycles. The van der Waals surface area contributed by atoms with Gasteiger partial charge in [-0.15, -0.1) is 0 Å². The molecule has 34 heavy (non-hydrogen) atoms. The van der Waals surface area contributed by atoms with Gasteiger partial charge in [-0.25, -0.2) is 4.98 Å². The zero-order valence-corrected chi connectivity index (χ0v) is 19.5. The van der Waals surface area contributed by atoms with Crippen LogP contribution >= 0.6 is 0 Å². The number of ether oxygens (including phenoxy) is 1. The Hall–Kier alpha value is -3.18. The Labute approximate surface area is 199 Å². The summed E-state index contributed by atoms with van der Waals surface area (Å²) >= 11 is 0. The highest BCUT2D eigenvalue weighted by molar-refractivity contribution is 5.94. The van der Waals surface area contributed by atoms with Gasteiger partial charge >= 0.3 is 0 Å². The highest BCUT2D eigenvalue weighted by atomic mass is 16.5. The fourth-order valence-corrected chi connectivity index (χ4v) is 5.10. The number of aromatic nitrogens is 1. The Kier molecular flexibility index (Phi) is 6.13. The molecule has 1 saturated heterocycles. The number of hydrogen-bond donors (Lipinski definition) is 1. The Bertz CT molecular complexity index is 1110. The number of rotatable bonds is 5. The molecular formula is C26H30N4O4. The zero-order valence-electron chi connectivity index (χ0n) is 19.5. The summed E-state index contributed by atoms with van der Waals surface area (Å²) in [6.45, 7) is 4.15. The molecule has 0 spiro atoms. The predicted molar refractivity (Wildman–Crippen MR) is 124 cm³/mol. The SMILES string of the molecule is Cc1nc(-c2ccc(C(=O)N3CCOCC3)cc2)c([C@@H]2CCCC[C@H]2C(=O)NC2(C#N)CC2)o1. The number of carbonyl (C=O) groups is 2. The molecule has 2 aromatic rings. The van der Waals surface area contributed by atoms with E-state index in [-0.39, 0.29) is 23.7 Å². The van der Waals surface area contributed by atoms with E-state index in [0.717, 1.165) is 55.5 Å². The lowest BCUT2D eigenvalue weighted by molar-refractivity contribution is -0.127. The molecule has 3 fully saturated rings. The Morgan fingerprint density at radius 3 is 2.53 bits per heavy atom. The zero-order chi connectivity index (χ0) is 23.7. The van der Waals surface area contributed by atoms with Crippen molar-refractivity contribution in [1.82, 2.24) is 15.2 Å². The van der Waals surface area contributed by atoms with Crippen molar-refractivity contribution in [3.8, 4) is 17.3 Å². The lowest BCUT2D eigenvalue weighted by Crippen LogP contribution is -2.42. The topological polar surface area (TPSA) is 108 Å². The fraction of sp³-hybridized carbons (Fsp3) is 0.538. The Morgan fingerprint density at radius 1 is 1.15 bits per heavy atom. The minimum atomic E-state index is -0.678. The highest BCUT2D eigenvalue weighted by Gasteiger charge is 2.47. The van der Waals surface area contributed by atoms with Crippen LogP contribution in [-0.4, -0.2) is 53.5 Å². The van der Waals surface area contributed by atoms with E-state index in [0.29, 0.717) is 37.8 Å². The van der Waals surface area contributed by atoms with Gasteiger partial charge in [0.25, 0.3) is 5.91 Å². The van der Waals surface area contributed by atoms with Crippen LogP contribution in [0.2, 0.25) is 0 Å². The monoisotopic (exact) mass is 462 g/mol. The van der Waals surface area contributed by atoms with Gasteiger partial charge in [0.05, 0.1) is 19.3 Å². The van der Waals surface area contributed by atoms with E-state index in [1.165, 1.54) is 0 Å². The van der Waals surface area contributed by atoms with E-state index in [1.807, 2.05) is 36.1 Å². The average molecular weight is 463 g/mol. The van der Waals surface area contributed by atoms with Gasteiger partial charge in [0.1, 0.15) is 17.0 Å². The largest absolute Gasteiger partial charge is 0.445 e. The van der Waals surface area contributed by atoms with Gasteiger partial charge in [0, 0.05) is 43.0 Å². The molecule has 2 amide bonds. The highest BCUT2D eigenvalue weighted by Crippen LogP contribution is 2.43. The van der Waals surface area contributed by atoms with E-state index in [4.69, 9.17) is 9.15 Å². The summed E-state index contributed by atoms with van der Waals surface area (Å²) in [4.78, 5) is 32.4. The molecule has 0 bridgehead atoms. The third kappa shape index (κ3) is 4.45. The quantitative estimate of drug-likeness (QED) is 0.728. The third-order valence-corrected chi connectivity index (χ3v) is 7.23. The number of aryl methyl sites for hydroxylation is 1. The summed E-state index contributed by atoms with van der Waals surface area (Å²) in [6.07, 6.45) is 5.04. The van der Waals surface area contributed by atoms with Crippen molar-refractivity contribution >= 4 is 11.8 Å². The van der Waals surface area contributed by atoms with Crippen molar-refractivity contribution in [2.45, 2.75) is 56.9 Å². The number of hydrogen-bond acceptors (Lipinski definition) is 6. The molecule has 2 saturated carbocycles. The van der Waals surface area contributed by atoms with Gasteiger partial charge < -0.3 is 19.4 Å². The van der Waals surface area contributed by atoms with Crippen LogP contribution in [0.4, 0.5) is 0 Å². The number of oxazole rings is 1. The first-order valence-electron chi connectivity index (χ1n) is 12.2. The lowest BCUT2D eigenvalue weighted by Gasteiger charge is -2.30. The van der Waals surface area contributed by atoms with Crippen LogP contribution in [0, 0.1) is 24.2 Å². The smallest absolute Gasteiger partial charge is 0.254 e. The maximum absolute atomic E-state index is 13.1. The molecule has 1 aromatic carbocycles. The minimum absolute atomic E-state index is 0.00178. The first-order valence-corrected chi connectivity index (χ1v) is 12.2. The molecule has 178 valence electrons. The Morgan fingerprint density at radius 2 is 1.85 bits per heavy atom. The van der Waals surface area contributed by atoms with Crippen molar-refractivity contribution < 1.29 is 18.7 Å². The number of nitrogens with zero attached hydrogens (tertiary/aromatic N) is 3. The van der Waals surface area contributed by atoms with Gasteiger partial charge in [-0.2, -0.15) is 5.26 Å².